The Morgan fingerprint density at radius 1 is 0.951 bits per heavy atom. The number of carbonyl (C=O) groups excluding carboxylic acids is 3. The number of amides is 3. The highest BCUT2D eigenvalue weighted by molar-refractivity contribution is 6.02. The second-order valence-electron chi connectivity index (χ2n) is 18.7. The van der Waals surface area contributed by atoms with E-state index in [2.05, 4.69) is 81.6 Å². The zero-order valence-electron chi connectivity index (χ0n) is 35.6. The van der Waals surface area contributed by atoms with Gasteiger partial charge in [-0.1, -0.05) is 40.3 Å². The van der Waals surface area contributed by atoms with Crippen LogP contribution in [0.1, 0.15) is 79.7 Å². The van der Waals surface area contributed by atoms with Crippen LogP contribution in [0.2, 0.25) is 0 Å². The molecule has 4 fully saturated rings. The molecule has 9 rings (SSSR count). The second kappa shape index (κ2) is 15.8. The average Bonchev–Trinajstić information content (AvgIpc) is 3.59. The Morgan fingerprint density at radius 2 is 1.72 bits per heavy atom. The van der Waals surface area contributed by atoms with Gasteiger partial charge in [0.05, 0.1) is 17.7 Å². The molecule has 6 heterocycles. The number of pyridine rings is 2. The van der Waals surface area contributed by atoms with Crippen LogP contribution in [0.15, 0.2) is 79.3 Å². The maximum atomic E-state index is 13.6. The van der Waals surface area contributed by atoms with Gasteiger partial charge in [0, 0.05) is 104 Å². The third kappa shape index (κ3) is 7.45. The molecule has 1 atom stereocenters. The molecule has 1 aliphatic carbocycles. The molecule has 3 saturated heterocycles. The highest BCUT2D eigenvalue weighted by Gasteiger charge is 2.64. The van der Waals surface area contributed by atoms with Gasteiger partial charge in [-0.3, -0.25) is 24.3 Å². The number of fused-ring (bicyclic) bond motifs is 2. The number of piperazine rings is 1. The molecule has 0 unspecified atom stereocenters. The number of allylic oxidation sites excluding steroid dienone is 1. The lowest BCUT2D eigenvalue weighted by molar-refractivity contribution is -0.163. The molecule has 4 aromatic rings. The fourth-order valence-corrected chi connectivity index (χ4v) is 10.9. The van der Waals surface area contributed by atoms with Gasteiger partial charge >= 0.3 is 0 Å². The number of carbonyl (C=O) groups is 3. The second-order valence-corrected chi connectivity index (χ2v) is 18.7. The molecule has 0 spiro atoms. The van der Waals surface area contributed by atoms with Crippen LogP contribution < -0.4 is 25.2 Å². The molecule has 13 nitrogen and oxygen atoms in total. The van der Waals surface area contributed by atoms with Crippen LogP contribution in [-0.4, -0.2) is 101 Å². The van der Waals surface area contributed by atoms with Crippen LogP contribution in [0.5, 0.6) is 5.75 Å². The van der Waals surface area contributed by atoms with Gasteiger partial charge in [0.1, 0.15) is 23.7 Å². The van der Waals surface area contributed by atoms with Crippen LogP contribution in [0.4, 0.5) is 17.2 Å². The molecule has 2 N–H and O–H groups in total. The summed E-state index contributed by atoms with van der Waals surface area (Å²) >= 11 is 0. The Bertz CT molecular complexity index is 2410. The first-order valence-electron chi connectivity index (χ1n) is 21.7. The number of hydrogen-bond acceptors (Lipinski definition) is 9. The van der Waals surface area contributed by atoms with Crippen molar-refractivity contribution >= 4 is 45.8 Å². The van der Waals surface area contributed by atoms with E-state index >= 15 is 0 Å². The Hall–Kier alpha value is -6.00. The molecular formula is C48H55N9O4. The summed E-state index contributed by atoms with van der Waals surface area (Å²) in [6, 6.07) is 16.8. The number of piperidine rings is 2. The zero-order chi connectivity index (χ0) is 42.6. The van der Waals surface area contributed by atoms with E-state index in [-0.39, 0.29) is 40.7 Å². The predicted molar refractivity (Wildman–Crippen MR) is 236 cm³/mol. The van der Waals surface area contributed by atoms with Gasteiger partial charge in [-0.15, -0.1) is 0 Å². The Labute approximate surface area is 358 Å². The largest absolute Gasteiger partial charge is 0.489 e. The van der Waals surface area contributed by atoms with Gasteiger partial charge in [0.15, 0.2) is 0 Å². The summed E-state index contributed by atoms with van der Waals surface area (Å²) in [6.07, 6.45) is 6.70. The lowest BCUT2D eigenvalue weighted by Gasteiger charge is -2.63. The molecule has 2 aromatic carbocycles. The first-order chi connectivity index (χ1) is 29.3. The van der Waals surface area contributed by atoms with Gasteiger partial charge in [-0.2, -0.15) is 0 Å². The number of ether oxygens (including phenoxy) is 1. The minimum atomic E-state index is -0.446. The molecule has 2 aromatic heterocycles. The molecule has 0 bridgehead atoms. The first kappa shape index (κ1) is 40.4. The van der Waals surface area contributed by atoms with Gasteiger partial charge in [-0.05, 0) is 85.7 Å². The summed E-state index contributed by atoms with van der Waals surface area (Å²) in [5, 5.41) is 6.93. The normalized spacial score (nSPS) is 23.9. The maximum Gasteiger partial charge on any atom is 0.255 e. The van der Waals surface area contributed by atoms with Crippen molar-refractivity contribution in [1.82, 2.24) is 30.4 Å². The number of hydrogen-bond donors (Lipinski definition) is 2. The van der Waals surface area contributed by atoms with E-state index in [1.54, 1.807) is 23.4 Å². The summed E-state index contributed by atoms with van der Waals surface area (Å²) in [5.41, 5.74) is 4.50. The highest BCUT2D eigenvalue weighted by Crippen LogP contribution is 2.56. The summed E-state index contributed by atoms with van der Waals surface area (Å²) in [6.45, 7) is 27.2. The van der Waals surface area contributed by atoms with E-state index in [1.165, 1.54) is 0 Å². The number of aromatic nitrogens is 2. The van der Waals surface area contributed by atoms with E-state index in [9.17, 15) is 14.4 Å². The number of benzene rings is 2. The SMILES string of the molecule is [C-]#[N+]c1ccc(OC2C(C)(C)C(NC(=O)c3ccc(N4CCC(CN5CCN(c6ccc7c(c6)CN([C@H]6CCC(=C)NC6=O)C7=O)CC5)CC4)nc3)C2(C)C)c2cccnc12. The van der Waals surface area contributed by atoms with E-state index in [0.717, 1.165) is 86.8 Å². The Balaban J connectivity index is 0.733. The highest BCUT2D eigenvalue weighted by atomic mass is 16.5. The van der Waals surface area contributed by atoms with Gasteiger partial charge in [0.25, 0.3) is 11.8 Å². The van der Waals surface area contributed by atoms with Gasteiger partial charge in [-0.25, -0.2) is 9.83 Å². The fraction of sp³-hybridized carbons (Fsp3) is 0.458. The Morgan fingerprint density at radius 3 is 2.43 bits per heavy atom. The maximum absolute atomic E-state index is 13.6. The van der Waals surface area contributed by atoms with E-state index in [4.69, 9.17) is 16.3 Å². The lowest BCUT2D eigenvalue weighted by Crippen LogP contribution is -2.74. The van der Waals surface area contributed by atoms with E-state index in [0.29, 0.717) is 53.4 Å². The van der Waals surface area contributed by atoms with Crippen molar-refractivity contribution in [3.63, 3.8) is 0 Å². The average molecular weight is 822 g/mol. The number of nitrogens with zero attached hydrogens (tertiary/aromatic N) is 7. The lowest BCUT2D eigenvalue weighted by atomic mass is 9.49. The van der Waals surface area contributed by atoms with Crippen LogP contribution in [0.25, 0.3) is 15.7 Å². The van der Waals surface area contributed by atoms with Crippen molar-refractivity contribution in [1.29, 1.82) is 0 Å². The van der Waals surface area contributed by atoms with Crippen molar-refractivity contribution in [2.24, 2.45) is 16.7 Å². The number of rotatable bonds is 9. The smallest absolute Gasteiger partial charge is 0.255 e. The summed E-state index contributed by atoms with van der Waals surface area (Å²) in [4.78, 5) is 61.3. The molecule has 0 radical (unpaired) electrons. The predicted octanol–water partition coefficient (Wildman–Crippen LogP) is 6.58. The van der Waals surface area contributed by atoms with Crippen molar-refractivity contribution in [2.45, 2.75) is 78.1 Å². The first-order valence-corrected chi connectivity index (χ1v) is 21.7. The molecule has 5 aliphatic rings. The topological polar surface area (TPSA) is 128 Å². The summed E-state index contributed by atoms with van der Waals surface area (Å²) in [5.74, 6) is 1.87. The van der Waals surface area contributed by atoms with Gasteiger partial charge < -0.3 is 30.1 Å². The van der Waals surface area contributed by atoms with Crippen molar-refractivity contribution in [3.05, 3.63) is 107 Å². The molecule has 13 heteroatoms. The molecule has 3 amide bonds. The van der Waals surface area contributed by atoms with Gasteiger partial charge in [0.2, 0.25) is 11.6 Å². The molecule has 61 heavy (non-hydrogen) atoms. The molecule has 316 valence electrons. The Kier molecular flexibility index (Phi) is 10.5. The summed E-state index contributed by atoms with van der Waals surface area (Å²) in [7, 11) is 0. The number of anilines is 2. The van der Waals surface area contributed by atoms with Crippen molar-refractivity contribution in [2.75, 3.05) is 55.6 Å². The third-order valence-corrected chi connectivity index (χ3v) is 14.0. The third-order valence-electron chi connectivity index (χ3n) is 14.0. The van der Waals surface area contributed by atoms with Crippen molar-refractivity contribution in [3.8, 4) is 5.75 Å². The molecule has 1 saturated carbocycles. The zero-order valence-corrected chi connectivity index (χ0v) is 35.6. The van der Waals surface area contributed by atoms with Crippen LogP contribution in [-0.2, 0) is 11.3 Å². The van der Waals surface area contributed by atoms with Crippen molar-refractivity contribution < 1.29 is 19.1 Å². The minimum Gasteiger partial charge on any atom is -0.489 e. The minimum absolute atomic E-state index is 0.0603. The molecule has 4 aliphatic heterocycles. The van der Waals surface area contributed by atoms with E-state index < -0.39 is 6.04 Å². The van der Waals surface area contributed by atoms with Crippen LogP contribution in [0, 0.1) is 23.3 Å². The van der Waals surface area contributed by atoms with E-state index in [1.807, 2.05) is 36.4 Å². The monoisotopic (exact) mass is 821 g/mol. The van der Waals surface area contributed by atoms with Crippen LogP contribution in [0.3, 0.4) is 0 Å². The fourth-order valence-electron chi connectivity index (χ4n) is 10.9. The molecular weight excluding hydrogens is 767 g/mol. The summed E-state index contributed by atoms with van der Waals surface area (Å²) < 4.78 is 6.67. The van der Waals surface area contributed by atoms with Crippen LogP contribution >= 0.6 is 0 Å². The quantitative estimate of drug-likeness (QED) is 0.180. The number of nitrogens with one attached hydrogen (secondary N) is 2. The standard InChI is InChI=1S/C48H55N9O4/c1-30-9-14-38(43(59)52-30)57-29-33-26-34(11-12-35(33)44(57)60)55-24-22-54(23-25-55)28-31-17-20-56(21-18-31)40-16-10-32(27-51-40)42(58)53-45-47(2,3)46(48(45,4)5)61-39-15-13-37(49-6)41-36(39)8-7-19-50-41/h7-8,10-13,15-16,19,26-27,31,38,45-46H,1,9,14,17-18,20-25,28-29H2,2-5H3,(H,52,59)(H,53,58)/t38-,45?,46?/m0/s1.